The number of rotatable bonds is 4. The molecule has 0 spiro atoms. The average molecular weight is 352 g/mol. The highest BCUT2D eigenvalue weighted by atomic mass is 16.3. The zero-order valence-corrected chi connectivity index (χ0v) is 15.4. The van der Waals surface area contributed by atoms with Gasteiger partial charge in [-0.2, -0.15) is 0 Å². The van der Waals surface area contributed by atoms with Gasteiger partial charge in [0.15, 0.2) is 0 Å². The monoisotopic (exact) mass is 352 g/mol. The Morgan fingerprint density at radius 3 is 2.15 bits per heavy atom. The molecule has 0 saturated heterocycles. The van der Waals surface area contributed by atoms with Crippen LogP contribution in [0.25, 0.3) is 11.6 Å². The summed E-state index contributed by atoms with van der Waals surface area (Å²) in [6.45, 7) is 0. The molecule has 0 amide bonds. The number of aliphatic hydroxyl groups is 1. The molecule has 0 fully saturated rings. The largest absolute Gasteiger partial charge is 0.389 e. The molecular formula is C26H24O. The van der Waals surface area contributed by atoms with Crippen molar-refractivity contribution in [3.8, 4) is 0 Å². The number of hydrogen-bond donors (Lipinski definition) is 1. The van der Waals surface area contributed by atoms with E-state index < -0.39 is 5.60 Å². The lowest BCUT2D eigenvalue weighted by Crippen LogP contribution is -2.29. The second kappa shape index (κ2) is 6.51. The molecule has 0 saturated carbocycles. The van der Waals surface area contributed by atoms with E-state index in [4.69, 9.17) is 0 Å². The number of fused-ring (bicyclic) bond motifs is 2. The molecule has 0 bridgehead atoms. The van der Waals surface area contributed by atoms with Crippen LogP contribution < -0.4 is 0 Å². The van der Waals surface area contributed by atoms with Gasteiger partial charge in [-0.25, -0.2) is 0 Å². The Balaban J connectivity index is 1.41. The molecule has 0 heterocycles. The van der Waals surface area contributed by atoms with E-state index in [-0.39, 0.29) is 0 Å². The molecule has 5 rings (SSSR count). The second-order valence-corrected chi connectivity index (χ2v) is 8.03. The molecule has 1 unspecified atom stereocenters. The lowest BCUT2D eigenvalue weighted by Gasteiger charge is -2.26. The molecule has 27 heavy (non-hydrogen) atoms. The SMILES string of the molecule is OC1(CCC2C(c3ccccc3)=Cc3ccccc32)Cc2ccccc2C1. The van der Waals surface area contributed by atoms with Gasteiger partial charge < -0.3 is 5.11 Å². The third-order valence-electron chi connectivity index (χ3n) is 6.22. The Morgan fingerprint density at radius 1 is 0.778 bits per heavy atom. The van der Waals surface area contributed by atoms with Crippen LogP contribution in [0.15, 0.2) is 78.9 Å². The van der Waals surface area contributed by atoms with Crippen LogP contribution in [0, 0.1) is 0 Å². The van der Waals surface area contributed by atoms with Crippen molar-refractivity contribution >= 4 is 11.6 Å². The molecule has 2 aliphatic rings. The van der Waals surface area contributed by atoms with Gasteiger partial charge in [-0.05, 0) is 46.2 Å². The Morgan fingerprint density at radius 2 is 1.41 bits per heavy atom. The van der Waals surface area contributed by atoms with E-state index in [1.165, 1.54) is 33.4 Å². The average Bonchev–Trinajstić information content (AvgIpc) is 3.24. The quantitative estimate of drug-likeness (QED) is 0.645. The molecule has 3 aromatic rings. The van der Waals surface area contributed by atoms with Crippen LogP contribution in [0.1, 0.15) is 46.6 Å². The summed E-state index contributed by atoms with van der Waals surface area (Å²) in [5.41, 5.74) is 7.41. The topological polar surface area (TPSA) is 20.2 Å². The molecular weight excluding hydrogens is 328 g/mol. The first-order valence-electron chi connectivity index (χ1n) is 9.87. The van der Waals surface area contributed by atoms with E-state index in [0.29, 0.717) is 5.92 Å². The van der Waals surface area contributed by atoms with Crippen LogP contribution in [0.2, 0.25) is 0 Å². The van der Waals surface area contributed by atoms with E-state index >= 15 is 0 Å². The first kappa shape index (κ1) is 16.5. The summed E-state index contributed by atoms with van der Waals surface area (Å²) in [5.74, 6) is 0.358. The normalized spacial score (nSPS) is 19.4. The third-order valence-corrected chi connectivity index (χ3v) is 6.22. The van der Waals surface area contributed by atoms with Crippen molar-refractivity contribution in [3.63, 3.8) is 0 Å². The van der Waals surface area contributed by atoms with Crippen LogP contribution in [-0.2, 0) is 12.8 Å². The summed E-state index contributed by atoms with van der Waals surface area (Å²) in [6, 6.07) is 27.9. The first-order valence-corrected chi connectivity index (χ1v) is 9.87. The van der Waals surface area contributed by atoms with Crippen molar-refractivity contribution in [3.05, 3.63) is 107 Å². The summed E-state index contributed by atoms with van der Waals surface area (Å²) >= 11 is 0. The molecule has 1 heteroatoms. The van der Waals surface area contributed by atoms with E-state index in [9.17, 15) is 5.11 Å². The maximum absolute atomic E-state index is 11.3. The number of allylic oxidation sites excluding steroid dienone is 1. The molecule has 0 radical (unpaired) electrons. The molecule has 3 aromatic carbocycles. The predicted octanol–water partition coefficient (Wildman–Crippen LogP) is 5.63. The summed E-state index contributed by atoms with van der Waals surface area (Å²) < 4.78 is 0. The van der Waals surface area contributed by atoms with Gasteiger partial charge in [-0.1, -0.05) is 84.9 Å². The lowest BCUT2D eigenvalue weighted by atomic mass is 9.83. The zero-order valence-electron chi connectivity index (χ0n) is 15.4. The van der Waals surface area contributed by atoms with Crippen LogP contribution in [0.4, 0.5) is 0 Å². The van der Waals surface area contributed by atoms with Crippen LogP contribution in [0.5, 0.6) is 0 Å². The van der Waals surface area contributed by atoms with Crippen LogP contribution in [0.3, 0.4) is 0 Å². The summed E-state index contributed by atoms with van der Waals surface area (Å²) in [6.07, 6.45) is 5.69. The van der Waals surface area contributed by atoms with Gasteiger partial charge in [0.05, 0.1) is 5.60 Å². The minimum atomic E-state index is -0.608. The van der Waals surface area contributed by atoms with E-state index in [1.807, 2.05) is 0 Å². The summed E-state index contributed by atoms with van der Waals surface area (Å²) in [4.78, 5) is 0. The van der Waals surface area contributed by atoms with E-state index in [1.54, 1.807) is 0 Å². The van der Waals surface area contributed by atoms with E-state index in [2.05, 4.69) is 84.9 Å². The zero-order chi connectivity index (χ0) is 18.3. The predicted molar refractivity (Wildman–Crippen MR) is 112 cm³/mol. The highest BCUT2D eigenvalue weighted by Gasteiger charge is 2.36. The standard InChI is InChI=1S/C26H24O/c27-26(17-21-11-4-5-12-22(21)18-26)15-14-24-23-13-7-6-10-20(23)16-25(24)19-8-2-1-3-9-19/h1-13,16,24,27H,14-15,17-18H2. The lowest BCUT2D eigenvalue weighted by molar-refractivity contribution is 0.0396. The Kier molecular flexibility index (Phi) is 3.98. The highest BCUT2D eigenvalue weighted by Crippen LogP contribution is 2.46. The van der Waals surface area contributed by atoms with Crippen LogP contribution >= 0.6 is 0 Å². The van der Waals surface area contributed by atoms with Gasteiger partial charge in [-0.3, -0.25) is 0 Å². The van der Waals surface area contributed by atoms with Gasteiger partial charge in [0.2, 0.25) is 0 Å². The van der Waals surface area contributed by atoms with Crippen molar-refractivity contribution in [1.82, 2.24) is 0 Å². The second-order valence-electron chi connectivity index (χ2n) is 8.03. The Bertz CT molecular complexity index is 974. The fourth-order valence-electron chi connectivity index (χ4n) is 4.89. The molecule has 1 atom stereocenters. The van der Waals surface area contributed by atoms with Gasteiger partial charge >= 0.3 is 0 Å². The van der Waals surface area contributed by atoms with Crippen molar-refractivity contribution < 1.29 is 5.11 Å². The molecule has 2 aliphatic carbocycles. The van der Waals surface area contributed by atoms with Crippen LogP contribution in [-0.4, -0.2) is 10.7 Å². The maximum Gasteiger partial charge on any atom is 0.0728 e. The van der Waals surface area contributed by atoms with Gasteiger partial charge in [0.25, 0.3) is 0 Å². The fourth-order valence-corrected chi connectivity index (χ4v) is 4.89. The Hall–Kier alpha value is -2.64. The number of benzene rings is 3. The molecule has 1 nitrogen and oxygen atoms in total. The molecule has 134 valence electrons. The molecule has 1 N–H and O–H groups in total. The maximum atomic E-state index is 11.3. The summed E-state index contributed by atoms with van der Waals surface area (Å²) in [7, 11) is 0. The van der Waals surface area contributed by atoms with Crippen molar-refractivity contribution in [2.45, 2.75) is 37.2 Å². The minimum Gasteiger partial charge on any atom is -0.389 e. The minimum absolute atomic E-state index is 0.358. The van der Waals surface area contributed by atoms with E-state index in [0.717, 1.165) is 25.7 Å². The highest BCUT2D eigenvalue weighted by molar-refractivity contribution is 5.91. The smallest absolute Gasteiger partial charge is 0.0728 e. The fraction of sp³-hybridized carbons (Fsp3) is 0.231. The van der Waals surface area contributed by atoms with Crippen molar-refractivity contribution in [1.29, 1.82) is 0 Å². The third kappa shape index (κ3) is 3.02. The summed E-state index contributed by atoms with van der Waals surface area (Å²) in [5, 5.41) is 11.3. The van der Waals surface area contributed by atoms with Gasteiger partial charge in [-0.15, -0.1) is 0 Å². The Labute approximate surface area is 161 Å². The number of hydrogen-bond acceptors (Lipinski definition) is 1. The molecule has 0 aliphatic heterocycles. The van der Waals surface area contributed by atoms with Gasteiger partial charge in [0, 0.05) is 18.8 Å². The van der Waals surface area contributed by atoms with Crippen molar-refractivity contribution in [2.24, 2.45) is 0 Å². The first-order chi connectivity index (χ1) is 13.2. The van der Waals surface area contributed by atoms with Gasteiger partial charge in [0.1, 0.15) is 0 Å². The molecule has 0 aromatic heterocycles. The van der Waals surface area contributed by atoms with Crippen molar-refractivity contribution in [2.75, 3.05) is 0 Å².